The highest BCUT2D eigenvalue weighted by atomic mass is 16.5. The Labute approximate surface area is 109 Å². The van der Waals surface area contributed by atoms with Gasteiger partial charge in [-0.15, -0.1) is 0 Å². The minimum Gasteiger partial charge on any atom is -0.448 e. The third-order valence-corrected chi connectivity index (χ3v) is 2.70. The lowest BCUT2D eigenvalue weighted by atomic mass is 10.4. The molecule has 0 spiro atoms. The average Bonchev–Trinajstić information content (AvgIpc) is 2.35. The summed E-state index contributed by atoms with van der Waals surface area (Å²) in [4.78, 5) is 19.5. The van der Waals surface area contributed by atoms with Gasteiger partial charge in [-0.05, 0) is 27.4 Å². The standard InChI is InChI=1S/C12H23N3O3/c1-11(15-6-9-17-10-7-15)13-12(16)18-8-4-5-14(2)3/h4-10H2,1-3H3. The number of hydrogen-bond donors (Lipinski definition) is 0. The van der Waals surface area contributed by atoms with Crippen LogP contribution in [0.15, 0.2) is 4.99 Å². The molecule has 0 aromatic heterocycles. The number of nitrogens with zero attached hydrogens (tertiary/aromatic N) is 3. The third kappa shape index (κ3) is 5.97. The van der Waals surface area contributed by atoms with Crippen LogP contribution in [0.5, 0.6) is 0 Å². The first-order chi connectivity index (χ1) is 8.59. The van der Waals surface area contributed by atoms with E-state index in [-0.39, 0.29) is 0 Å². The summed E-state index contributed by atoms with van der Waals surface area (Å²) in [7, 11) is 3.98. The number of morpholine rings is 1. The predicted molar refractivity (Wildman–Crippen MR) is 70.0 cm³/mol. The topological polar surface area (TPSA) is 54.4 Å². The van der Waals surface area contributed by atoms with E-state index in [9.17, 15) is 4.79 Å². The molecule has 18 heavy (non-hydrogen) atoms. The van der Waals surface area contributed by atoms with E-state index < -0.39 is 6.09 Å². The van der Waals surface area contributed by atoms with Crippen LogP contribution in [-0.4, -0.2) is 75.3 Å². The van der Waals surface area contributed by atoms with Gasteiger partial charge in [-0.25, -0.2) is 4.79 Å². The highest BCUT2D eigenvalue weighted by Gasteiger charge is 2.12. The molecular weight excluding hydrogens is 234 g/mol. The highest BCUT2D eigenvalue weighted by Crippen LogP contribution is 2.00. The van der Waals surface area contributed by atoms with Crippen LogP contribution in [0.3, 0.4) is 0 Å². The van der Waals surface area contributed by atoms with Crippen molar-refractivity contribution in [2.45, 2.75) is 13.3 Å². The van der Waals surface area contributed by atoms with Gasteiger partial charge < -0.3 is 19.3 Å². The second-order valence-corrected chi connectivity index (χ2v) is 4.53. The Hall–Kier alpha value is -1.14. The van der Waals surface area contributed by atoms with Crippen molar-refractivity contribution in [3.63, 3.8) is 0 Å². The van der Waals surface area contributed by atoms with Crippen LogP contribution in [0.25, 0.3) is 0 Å². The average molecular weight is 257 g/mol. The number of hydrogen-bond acceptors (Lipinski definition) is 4. The molecular formula is C12H23N3O3. The molecule has 0 aromatic rings. The summed E-state index contributed by atoms with van der Waals surface area (Å²) in [5, 5.41) is 0. The van der Waals surface area contributed by atoms with Crippen LogP contribution in [0.2, 0.25) is 0 Å². The lowest BCUT2D eigenvalue weighted by Gasteiger charge is -2.27. The molecule has 0 saturated carbocycles. The fraction of sp³-hybridized carbons (Fsp3) is 0.833. The lowest BCUT2D eigenvalue weighted by molar-refractivity contribution is 0.0675. The van der Waals surface area contributed by atoms with Gasteiger partial charge in [0.15, 0.2) is 0 Å². The lowest BCUT2D eigenvalue weighted by Crippen LogP contribution is -2.39. The van der Waals surface area contributed by atoms with E-state index in [4.69, 9.17) is 9.47 Å². The zero-order valence-corrected chi connectivity index (χ0v) is 11.5. The molecule has 1 heterocycles. The van der Waals surface area contributed by atoms with Gasteiger partial charge in [0.05, 0.1) is 19.8 Å². The monoisotopic (exact) mass is 257 g/mol. The van der Waals surface area contributed by atoms with Gasteiger partial charge in [0.1, 0.15) is 5.84 Å². The van der Waals surface area contributed by atoms with Gasteiger partial charge in [0.25, 0.3) is 0 Å². The fourth-order valence-corrected chi connectivity index (χ4v) is 1.66. The SMILES string of the molecule is CC(=NC(=O)OCCCN(C)C)N1CCOCC1. The van der Waals surface area contributed by atoms with Gasteiger partial charge in [-0.3, -0.25) is 0 Å². The van der Waals surface area contributed by atoms with Crippen molar-refractivity contribution in [2.75, 3.05) is 53.6 Å². The maximum Gasteiger partial charge on any atom is 0.435 e. The van der Waals surface area contributed by atoms with Crippen molar-refractivity contribution >= 4 is 11.9 Å². The molecule has 104 valence electrons. The summed E-state index contributed by atoms with van der Waals surface area (Å²) in [5.74, 6) is 0.705. The highest BCUT2D eigenvalue weighted by molar-refractivity contribution is 5.90. The number of amides is 1. The van der Waals surface area contributed by atoms with Crippen LogP contribution in [0.1, 0.15) is 13.3 Å². The van der Waals surface area contributed by atoms with Crippen molar-refractivity contribution in [2.24, 2.45) is 4.99 Å². The molecule has 1 aliphatic heterocycles. The van der Waals surface area contributed by atoms with Gasteiger partial charge in [-0.1, -0.05) is 0 Å². The number of ether oxygens (including phenoxy) is 2. The van der Waals surface area contributed by atoms with E-state index in [1.165, 1.54) is 0 Å². The second-order valence-electron chi connectivity index (χ2n) is 4.53. The second kappa shape index (κ2) is 8.05. The number of carbonyl (C=O) groups excluding carboxylic acids is 1. The van der Waals surface area contributed by atoms with Gasteiger partial charge >= 0.3 is 6.09 Å². The molecule has 1 amide bonds. The van der Waals surface area contributed by atoms with Crippen LogP contribution in [0.4, 0.5) is 4.79 Å². The summed E-state index contributed by atoms with van der Waals surface area (Å²) >= 11 is 0. The van der Waals surface area contributed by atoms with Gasteiger partial charge in [0, 0.05) is 19.6 Å². The summed E-state index contributed by atoms with van der Waals surface area (Å²) in [6.45, 7) is 6.07. The Kier molecular flexibility index (Phi) is 6.67. The normalized spacial score (nSPS) is 17.1. The fourth-order valence-electron chi connectivity index (χ4n) is 1.66. The zero-order valence-electron chi connectivity index (χ0n) is 11.5. The Morgan fingerprint density at radius 2 is 2.06 bits per heavy atom. The van der Waals surface area contributed by atoms with Crippen molar-refractivity contribution in [3.8, 4) is 0 Å². The molecule has 0 bridgehead atoms. The van der Waals surface area contributed by atoms with E-state index >= 15 is 0 Å². The molecule has 0 unspecified atom stereocenters. The van der Waals surface area contributed by atoms with E-state index in [1.807, 2.05) is 25.9 Å². The van der Waals surface area contributed by atoms with E-state index in [1.54, 1.807) is 0 Å². The summed E-state index contributed by atoms with van der Waals surface area (Å²) < 4.78 is 10.3. The molecule has 0 radical (unpaired) electrons. The van der Waals surface area contributed by atoms with E-state index in [2.05, 4.69) is 9.89 Å². The van der Waals surface area contributed by atoms with E-state index in [0.717, 1.165) is 26.1 Å². The molecule has 0 N–H and O–H groups in total. The molecule has 1 saturated heterocycles. The number of amidine groups is 1. The molecule has 6 heteroatoms. The van der Waals surface area contributed by atoms with Crippen LogP contribution >= 0.6 is 0 Å². The van der Waals surface area contributed by atoms with Crippen molar-refractivity contribution < 1.29 is 14.3 Å². The van der Waals surface area contributed by atoms with E-state index in [0.29, 0.717) is 25.7 Å². The van der Waals surface area contributed by atoms with Crippen molar-refractivity contribution in [3.05, 3.63) is 0 Å². The Morgan fingerprint density at radius 3 is 2.67 bits per heavy atom. The first-order valence-corrected chi connectivity index (χ1v) is 6.29. The molecule has 0 atom stereocenters. The minimum absolute atomic E-state index is 0.414. The van der Waals surface area contributed by atoms with Crippen LogP contribution in [-0.2, 0) is 9.47 Å². The number of aliphatic imine (C=N–C) groups is 1. The maximum absolute atomic E-state index is 11.5. The van der Waals surface area contributed by atoms with Crippen molar-refractivity contribution in [1.82, 2.24) is 9.80 Å². The zero-order chi connectivity index (χ0) is 13.4. The Bertz CT molecular complexity index is 286. The molecule has 6 nitrogen and oxygen atoms in total. The Balaban J connectivity index is 2.24. The molecule has 1 aliphatic rings. The summed E-state index contributed by atoms with van der Waals surface area (Å²) in [6, 6.07) is 0. The molecule has 0 aromatic carbocycles. The first kappa shape index (κ1) is 14.9. The first-order valence-electron chi connectivity index (χ1n) is 6.29. The quantitative estimate of drug-likeness (QED) is 0.424. The minimum atomic E-state index is -0.502. The predicted octanol–water partition coefficient (Wildman–Crippen LogP) is 0.825. The molecule has 1 fully saturated rings. The van der Waals surface area contributed by atoms with Crippen molar-refractivity contribution in [1.29, 1.82) is 0 Å². The van der Waals surface area contributed by atoms with Gasteiger partial charge in [0.2, 0.25) is 0 Å². The van der Waals surface area contributed by atoms with Crippen LogP contribution < -0.4 is 0 Å². The molecule has 0 aliphatic carbocycles. The number of carbonyl (C=O) groups is 1. The molecule has 1 rings (SSSR count). The van der Waals surface area contributed by atoms with Gasteiger partial charge in [-0.2, -0.15) is 4.99 Å². The third-order valence-electron chi connectivity index (χ3n) is 2.70. The Morgan fingerprint density at radius 1 is 1.39 bits per heavy atom. The summed E-state index contributed by atoms with van der Waals surface area (Å²) in [6.07, 6.45) is 0.322. The smallest absolute Gasteiger partial charge is 0.435 e. The number of rotatable bonds is 4. The maximum atomic E-state index is 11.5. The summed E-state index contributed by atoms with van der Waals surface area (Å²) in [5.41, 5.74) is 0. The van der Waals surface area contributed by atoms with Crippen LogP contribution in [0, 0.1) is 0 Å². The largest absolute Gasteiger partial charge is 0.448 e.